The molecule has 1 heterocycles. The molecule has 0 saturated carbocycles. The normalized spacial score (nSPS) is 13.6. The van der Waals surface area contributed by atoms with E-state index in [1.807, 2.05) is 6.07 Å². The lowest BCUT2D eigenvalue weighted by molar-refractivity contribution is 0.0985. The number of amides is 1. The summed E-state index contributed by atoms with van der Waals surface area (Å²) in [6, 6.07) is 18.7. The first-order valence-corrected chi connectivity index (χ1v) is 12.0. The van der Waals surface area contributed by atoms with Crippen molar-refractivity contribution in [3.8, 4) is 0 Å². The molecule has 0 unspecified atom stereocenters. The molecule has 0 spiro atoms. The predicted octanol–water partition coefficient (Wildman–Crippen LogP) is 5.50. The van der Waals surface area contributed by atoms with Crippen LogP contribution in [0.1, 0.15) is 22.3 Å². The van der Waals surface area contributed by atoms with Crippen molar-refractivity contribution in [1.29, 1.82) is 0 Å². The maximum absolute atomic E-state index is 13.0. The molecule has 1 N–H and O–H groups in total. The summed E-state index contributed by atoms with van der Waals surface area (Å²) in [5, 5.41) is 0.498. The maximum Gasteiger partial charge on any atom is 0.261 e. The summed E-state index contributed by atoms with van der Waals surface area (Å²) in [5.41, 5.74) is 2.53. The number of hydrogen-bond donors (Lipinski definition) is 1. The van der Waals surface area contributed by atoms with Gasteiger partial charge in [-0.25, -0.2) is 8.42 Å². The van der Waals surface area contributed by atoms with Crippen LogP contribution in [0.5, 0.6) is 0 Å². The van der Waals surface area contributed by atoms with Gasteiger partial charge in [0.2, 0.25) is 0 Å². The molecule has 3 aromatic carbocycles. The van der Waals surface area contributed by atoms with Gasteiger partial charge in [-0.15, -0.1) is 0 Å². The van der Waals surface area contributed by atoms with Crippen molar-refractivity contribution in [2.24, 2.45) is 0 Å². The molecule has 8 heteroatoms. The molecule has 3 aromatic rings. The molecule has 5 nitrogen and oxygen atoms in total. The third-order valence-corrected chi connectivity index (χ3v) is 6.98. The first-order chi connectivity index (χ1) is 14.3. The van der Waals surface area contributed by atoms with Gasteiger partial charge in [0, 0.05) is 33.0 Å². The molecule has 0 aliphatic carbocycles. The summed E-state index contributed by atoms with van der Waals surface area (Å²) in [7, 11) is -3.75. The lowest BCUT2D eigenvalue weighted by Gasteiger charge is -2.30. The minimum absolute atomic E-state index is 0.152. The largest absolute Gasteiger partial charge is 0.308 e. The molecule has 1 aliphatic heterocycles. The van der Waals surface area contributed by atoms with Crippen LogP contribution in [0.4, 0.5) is 11.4 Å². The van der Waals surface area contributed by atoms with E-state index in [-0.39, 0.29) is 10.8 Å². The van der Waals surface area contributed by atoms with Gasteiger partial charge in [-0.2, -0.15) is 0 Å². The van der Waals surface area contributed by atoms with Crippen LogP contribution in [-0.2, 0) is 16.4 Å². The van der Waals surface area contributed by atoms with Crippen molar-refractivity contribution in [2.75, 3.05) is 16.2 Å². The van der Waals surface area contributed by atoms with E-state index in [0.29, 0.717) is 29.2 Å². The zero-order chi connectivity index (χ0) is 21.3. The molecule has 0 fully saturated rings. The van der Waals surface area contributed by atoms with Crippen LogP contribution in [-0.4, -0.2) is 20.9 Å². The Morgan fingerprint density at radius 2 is 1.83 bits per heavy atom. The van der Waals surface area contributed by atoms with Crippen LogP contribution in [0, 0.1) is 0 Å². The third-order valence-electron chi connectivity index (χ3n) is 4.87. The average molecular weight is 506 g/mol. The smallest absolute Gasteiger partial charge is 0.261 e. The molecule has 154 valence electrons. The minimum atomic E-state index is -3.75. The van der Waals surface area contributed by atoms with Crippen molar-refractivity contribution in [3.63, 3.8) is 0 Å². The van der Waals surface area contributed by atoms with E-state index in [9.17, 15) is 13.2 Å². The number of anilines is 2. The van der Waals surface area contributed by atoms with Gasteiger partial charge < -0.3 is 4.90 Å². The van der Waals surface area contributed by atoms with Gasteiger partial charge in [-0.3, -0.25) is 9.52 Å². The Morgan fingerprint density at radius 1 is 1.03 bits per heavy atom. The molecular formula is C22H18BrClN2O3S. The van der Waals surface area contributed by atoms with E-state index in [2.05, 4.69) is 20.7 Å². The number of sulfonamides is 1. The van der Waals surface area contributed by atoms with Gasteiger partial charge in [0.1, 0.15) is 0 Å². The SMILES string of the molecule is O=C(c1cccc(Cl)c1)N1CCCc2cc(S(=O)(=O)Nc3cccc(Br)c3)ccc21. The number of carbonyl (C=O) groups excluding carboxylic acids is 1. The Bertz CT molecular complexity index is 1230. The Hall–Kier alpha value is -2.35. The second-order valence-electron chi connectivity index (χ2n) is 6.98. The third kappa shape index (κ3) is 4.38. The molecule has 0 radical (unpaired) electrons. The number of nitrogens with one attached hydrogen (secondary N) is 1. The average Bonchev–Trinajstić information content (AvgIpc) is 2.72. The van der Waals surface area contributed by atoms with Crippen molar-refractivity contribution in [1.82, 2.24) is 0 Å². The first-order valence-electron chi connectivity index (χ1n) is 9.32. The van der Waals surface area contributed by atoms with Gasteiger partial charge in [0.05, 0.1) is 4.90 Å². The van der Waals surface area contributed by atoms with Crippen LogP contribution in [0.15, 0.2) is 76.1 Å². The fourth-order valence-electron chi connectivity index (χ4n) is 3.50. The predicted molar refractivity (Wildman–Crippen MR) is 123 cm³/mol. The zero-order valence-corrected chi connectivity index (χ0v) is 19.0. The molecule has 0 aromatic heterocycles. The lowest BCUT2D eigenvalue weighted by atomic mass is 10.0. The number of fused-ring (bicyclic) bond motifs is 1. The molecule has 1 aliphatic rings. The topological polar surface area (TPSA) is 66.5 Å². The standard InChI is InChI=1S/C22H18BrClN2O3S/c23-17-6-2-8-19(14-17)25-30(28,29)20-9-10-21-15(13-20)5-3-11-26(21)22(27)16-4-1-7-18(24)12-16/h1-2,4,6-10,12-14,25H,3,5,11H2. The molecular weight excluding hydrogens is 488 g/mol. The monoisotopic (exact) mass is 504 g/mol. The molecule has 0 saturated heterocycles. The highest BCUT2D eigenvalue weighted by Gasteiger charge is 2.26. The van der Waals surface area contributed by atoms with E-state index in [1.54, 1.807) is 59.5 Å². The highest BCUT2D eigenvalue weighted by Crippen LogP contribution is 2.31. The van der Waals surface area contributed by atoms with E-state index in [0.717, 1.165) is 22.1 Å². The van der Waals surface area contributed by atoms with E-state index in [4.69, 9.17) is 11.6 Å². The van der Waals surface area contributed by atoms with Crippen molar-refractivity contribution in [2.45, 2.75) is 17.7 Å². The van der Waals surface area contributed by atoms with Crippen molar-refractivity contribution < 1.29 is 13.2 Å². The molecule has 0 bridgehead atoms. The highest BCUT2D eigenvalue weighted by atomic mass is 79.9. The van der Waals surface area contributed by atoms with Crippen LogP contribution < -0.4 is 9.62 Å². The van der Waals surface area contributed by atoms with Crippen LogP contribution in [0.2, 0.25) is 5.02 Å². The summed E-state index contributed by atoms with van der Waals surface area (Å²) >= 11 is 9.37. The van der Waals surface area contributed by atoms with Crippen LogP contribution >= 0.6 is 27.5 Å². The Balaban J connectivity index is 1.64. The summed E-state index contributed by atoms with van der Waals surface area (Å²) in [6.45, 7) is 0.570. The zero-order valence-electron chi connectivity index (χ0n) is 15.8. The number of hydrogen-bond acceptors (Lipinski definition) is 3. The number of nitrogens with zero attached hydrogens (tertiary/aromatic N) is 1. The fraction of sp³-hybridized carbons (Fsp3) is 0.136. The van der Waals surface area contributed by atoms with Crippen molar-refractivity contribution >= 4 is 54.8 Å². The minimum Gasteiger partial charge on any atom is -0.308 e. The van der Waals surface area contributed by atoms with Crippen LogP contribution in [0.25, 0.3) is 0 Å². The molecule has 4 rings (SSSR count). The summed E-state index contributed by atoms with van der Waals surface area (Å²) in [6.07, 6.45) is 1.46. The lowest BCUT2D eigenvalue weighted by Crippen LogP contribution is -2.35. The van der Waals surface area contributed by atoms with Gasteiger partial charge in [0.25, 0.3) is 15.9 Å². The van der Waals surface area contributed by atoms with Gasteiger partial charge >= 0.3 is 0 Å². The van der Waals surface area contributed by atoms with Gasteiger partial charge in [0.15, 0.2) is 0 Å². The second kappa shape index (κ2) is 8.41. The Kier molecular flexibility index (Phi) is 5.86. The summed E-state index contributed by atoms with van der Waals surface area (Å²) in [4.78, 5) is 14.9. The highest BCUT2D eigenvalue weighted by molar-refractivity contribution is 9.10. The second-order valence-corrected chi connectivity index (χ2v) is 10.0. The van der Waals surface area contributed by atoms with E-state index >= 15 is 0 Å². The first kappa shape index (κ1) is 20.9. The van der Waals surface area contributed by atoms with E-state index in [1.165, 1.54) is 6.07 Å². The number of benzene rings is 3. The number of halogens is 2. The summed E-state index contributed by atoms with van der Waals surface area (Å²) < 4.78 is 29.1. The summed E-state index contributed by atoms with van der Waals surface area (Å²) in [5.74, 6) is -0.152. The number of aryl methyl sites for hydroxylation is 1. The maximum atomic E-state index is 13.0. The van der Waals surface area contributed by atoms with Crippen LogP contribution in [0.3, 0.4) is 0 Å². The quantitative estimate of drug-likeness (QED) is 0.509. The van der Waals surface area contributed by atoms with Gasteiger partial charge in [-0.1, -0.05) is 39.7 Å². The van der Waals surface area contributed by atoms with Gasteiger partial charge in [-0.05, 0) is 73.0 Å². The Morgan fingerprint density at radius 3 is 2.60 bits per heavy atom. The van der Waals surface area contributed by atoms with Crippen molar-refractivity contribution in [3.05, 3.63) is 87.4 Å². The Labute approximate surface area is 188 Å². The van der Waals surface area contributed by atoms with E-state index < -0.39 is 10.0 Å². The number of carbonyl (C=O) groups is 1. The number of rotatable bonds is 4. The fourth-order valence-corrected chi connectivity index (χ4v) is 5.18. The molecule has 0 atom stereocenters. The molecule has 30 heavy (non-hydrogen) atoms. The molecule has 1 amide bonds.